The smallest absolute Gasteiger partial charge is 0.0543 e. The molecule has 0 N–H and O–H groups in total. The molecule has 0 radical (unpaired) electrons. The Labute approximate surface area is 373 Å². The Hall–Kier alpha value is -6.64. The minimum atomic E-state index is -0.122. The highest BCUT2D eigenvalue weighted by molar-refractivity contribution is 5.94. The molecule has 0 aliphatic heterocycles. The molecule has 2 heteroatoms. The van der Waals surface area contributed by atoms with Gasteiger partial charge in [-0.1, -0.05) is 147 Å². The van der Waals surface area contributed by atoms with Crippen LogP contribution in [0.1, 0.15) is 68.2 Å². The van der Waals surface area contributed by atoms with Crippen LogP contribution >= 0.6 is 0 Å². The fourth-order valence-corrected chi connectivity index (χ4v) is 13.2. The molecule has 0 amide bonds. The van der Waals surface area contributed by atoms with Gasteiger partial charge in [0.15, 0.2) is 0 Å². The molecule has 5 aliphatic rings. The van der Waals surface area contributed by atoms with E-state index < -0.39 is 0 Å². The number of rotatable bonds is 9. The van der Waals surface area contributed by atoms with Gasteiger partial charge in [-0.2, -0.15) is 0 Å². The predicted molar refractivity (Wildman–Crippen MR) is 263 cm³/mol. The summed E-state index contributed by atoms with van der Waals surface area (Å²) in [6, 6.07) is 77.3. The Kier molecular flexibility index (Phi) is 9.08. The van der Waals surface area contributed by atoms with Crippen LogP contribution < -0.4 is 9.80 Å². The van der Waals surface area contributed by atoms with E-state index in [2.05, 4.69) is 230 Å². The molecule has 4 bridgehead atoms. The maximum Gasteiger partial charge on any atom is 0.0543 e. The average Bonchev–Trinajstić information content (AvgIpc) is 3.55. The SMILES string of the molecule is CC1(C)c2ccccc2-c2cc(-c3ccccc3)c(N(c3ccccc3)c3ccc(C4(c5ccc(N(c6ccccc6)c6ccccc6)cc5)C5CC6CC(C5)CC4C6)cc3)cc21. The van der Waals surface area contributed by atoms with Crippen molar-refractivity contribution in [3.63, 3.8) is 0 Å². The van der Waals surface area contributed by atoms with Gasteiger partial charge in [-0.05, 0) is 168 Å². The molecule has 4 saturated carbocycles. The first kappa shape index (κ1) is 38.1. The molecular weight excluding hydrogens is 761 g/mol. The van der Waals surface area contributed by atoms with Gasteiger partial charge in [0.2, 0.25) is 0 Å². The van der Waals surface area contributed by atoms with Crippen LogP contribution in [0.25, 0.3) is 22.3 Å². The Balaban J connectivity index is 0.998. The van der Waals surface area contributed by atoms with Crippen molar-refractivity contribution < 1.29 is 0 Å². The van der Waals surface area contributed by atoms with E-state index in [1.165, 1.54) is 105 Å². The Morgan fingerprint density at radius 2 is 0.794 bits per heavy atom. The lowest BCUT2D eigenvalue weighted by Crippen LogP contribution is -2.56. The minimum Gasteiger partial charge on any atom is -0.311 e. The number of hydrogen-bond acceptors (Lipinski definition) is 2. The molecule has 8 aromatic carbocycles. The summed E-state index contributed by atoms with van der Waals surface area (Å²) in [6.07, 6.45) is 6.77. The monoisotopic (exact) mass is 814 g/mol. The number of hydrogen-bond donors (Lipinski definition) is 0. The molecule has 0 spiro atoms. The van der Waals surface area contributed by atoms with Crippen molar-refractivity contribution in [1.29, 1.82) is 0 Å². The zero-order valence-electron chi connectivity index (χ0n) is 36.4. The maximum atomic E-state index is 2.52. The van der Waals surface area contributed by atoms with Crippen LogP contribution in [0.3, 0.4) is 0 Å². The first-order valence-corrected chi connectivity index (χ1v) is 23.3. The van der Waals surface area contributed by atoms with Crippen LogP contribution in [-0.2, 0) is 10.8 Å². The molecule has 63 heavy (non-hydrogen) atoms. The first-order valence-electron chi connectivity index (χ1n) is 23.3. The second kappa shape index (κ2) is 15.0. The van der Waals surface area contributed by atoms with Gasteiger partial charge in [-0.3, -0.25) is 0 Å². The first-order chi connectivity index (χ1) is 31.0. The van der Waals surface area contributed by atoms with Crippen LogP contribution in [0.5, 0.6) is 0 Å². The molecular formula is C61H54N2. The van der Waals surface area contributed by atoms with E-state index in [-0.39, 0.29) is 10.8 Å². The lowest BCUT2D eigenvalue weighted by atomic mass is 9.42. The topological polar surface area (TPSA) is 6.48 Å². The van der Waals surface area contributed by atoms with Gasteiger partial charge in [0.05, 0.1) is 5.69 Å². The average molecular weight is 815 g/mol. The highest BCUT2D eigenvalue weighted by Crippen LogP contribution is 2.65. The van der Waals surface area contributed by atoms with E-state index >= 15 is 0 Å². The highest BCUT2D eigenvalue weighted by atomic mass is 15.1. The van der Waals surface area contributed by atoms with Crippen molar-refractivity contribution in [2.75, 3.05) is 9.80 Å². The van der Waals surface area contributed by atoms with Gasteiger partial charge in [0, 0.05) is 44.8 Å². The lowest BCUT2D eigenvalue weighted by molar-refractivity contribution is -0.0418. The molecule has 0 heterocycles. The van der Waals surface area contributed by atoms with Crippen LogP contribution in [0.15, 0.2) is 206 Å². The zero-order valence-corrected chi connectivity index (χ0v) is 36.4. The minimum absolute atomic E-state index is 0.0229. The summed E-state index contributed by atoms with van der Waals surface area (Å²) in [5, 5.41) is 0. The summed E-state index contributed by atoms with van der Waals surface area (Å²) in [5.74, 6) is 3.01. The second-order valence-corrected chi connectivity index (χ2v) is 19.4. The van der Waals surface area contributed by atoms with E-state index in [4.69, 9.17) is 0 Å². The lowest BCUT2D eigenvalue weighted by Gasteiger charge is -2.62. The number of fused-ring (bicyclic) bond motifs is 3. The molecule has 0 atom stereocenters. The van der Waals surface area contributed by atoms with Crippen LogP contribution in [0.2, 0.25) is 0 Å². The van der Waals surface area contributed by atoms with E-state index in [1.807, 2.05) is 0 Å². The van der Waals surface area contributed by atoms with Crippen LogP contribution in [-0.4, -0.2) is 0 Å². The number of benzene rings is 8. The molecule has 308 valence electrons. The van der Waals surface area contributed by atoms with Gasteiger partial charge >= 0.3 is 0 Å². The second-order valence-electron chi connectivity index (χ2n) is 19.4. The largest absolute Gasteiger partial charge is 0.311 e. The molecule has 0 aromatic heterocycles. The molecule has 13 rings (SSSR count). The van der Waals surface area contributed by atoms with E-state index in [0.29, 0.717) is 11.8 Å². The molecule has 0 unspecified atom stereocenters. The third-order valence-corrected chi connectivity index (χ3v) is 15.7. The quantitative estimate of drug-likeness (QED) is 0.143. The fourth-order valence-electron chi connectivity index (χ4n) is 13.2. The van der Waals surface area contributed by atoms with Crippen LogP contribution in [0, 0.1) is 23.7 Å². The van der Waals surface area contributed by atoms with Gasteiger partial charge in [0.25, 0.3) is 0 Å². The van der Waals surface area contributed by atoms with E-state index in [0.717, 1.165) is 17.5 Å². The zero-order chi connectivity index (χ0) is 42.1. The van der Waals surface area contributed by atoms with E-state index in [1.54, 1.807) is 0 Å². The molecule has 4 fully saturated rings. The Morgan fingerprint density at radius 1 is 0.365 bits per heavy atom. The standard InChI is InChI=1S/C61H54N2/c1-60(2)57-26-16-15-25-54(57)56-40-55(44-17-7-3-8-18-44)59(41-58(56)60)63(51-23-13-6-14-24-51)53-33-29-46(30-34-53)61(47-36-42-35-43(38-47)39-48(61)37-42)45-27-31-52(32-28-45)62(49-19-9-4-10-20-49)50-21-11-5-12-22-50/h3-34,40-43,47-48H,35-39H2,1-2H3. The highest BCUT2D eigenvalue weighted by Gasteiger charge is 2.58. The number of nitrogens with zero attached hydrogens (tertiary/aromatic N) is 2. The van der Waals surface area contributed by atoms with Gasteiger partial charge in [-0.25, -0.2) is 0 Å². The summed E-state index contributed by atoms with van der Waals surface area (Å²) in [4.78, 5) is 4.91. The van der Waals surface area contributed by atoms with Gasteiger partial charge < -0.3 is 9.80 Å². The van der Waals surface area contributed by atoms with Crippen molar-refractivity contribution in [3.8, 4) is 22.3 Å². The van der Waals surface area contributed by atoms with Crippen molar-refractivity contribution in [2.45, 2.75) is 56.8 Å². The molecule has 0 saturated heterocycles. The van der Waals surface area contributed by atoms with Crippen molar-refractivity contribution in [2.24, 2.45) is 23.7 Å². The maximum absolute atomic E-state index is 2.52. The molecule has 2 nitrogen and oxygen atoms in total. The van der Waals surface area contributed by atoms with Gasteiger partial charge in [0.1, 0.15) is 0 Å². The molecule has 5 aliphatic carbocycles. The van der Waals surface area contributed by atoms with Crippen molar-refractivity contribution in [3.05, 3.63) is 229 Å². The summed E-state index contributed by atoms with van der Waals surface area (Å²) in [6.45, 7) is 4.78. The third kappa shape index (κ3) is 6.13. The van der Waals surface area contributed by atoms with E-state index in [9.17, 15) is 0 Å². The summed E-state index contributed by atoms with van der Waals surface area (Å²) in [5.41, 5.74) is 17.9. The van der Waals surface area contributed by atoms with Gasteiger partial charge in [-0.15, -0.1) is 0 Å². The Bertz CT molecular complexity index is 2830. The van der Waals surface area contributed by atoms with Crippen molar-refractivity contribution in [1.82, 2.24) is 0 Å². The van der Waals surface area contributed by atoms with Crippen molar-refractivity contribution >= 4 is 34.1 Å². The normalized spacial score (nSPS) is 22.3. The number of anilines is 6. The van der Waals surface area contributed by atoms with Crippen LogP contribution in [0.4, 0.5) is 34.1 Å². The predicted octanol–water partition coefficient (Wildman–Crippen LogP) is 16.3. The molecule has 8 aromatic rings. The fraction of sp³-hybridized carbons (Fsp3) is 0.213. The Morgan fingerprint density at radius 3 is 1.32 bits per heavy atom. The third-order valence-electron chi connectivity index (χ3n) is 15.7. The summed E-state index contributed by atoms with van der Waals surface area (Å²) in [7, 11) is 0. The summed E-state index contributed by atoms with van der Waals surface area (Å²) < 4.78 is 0. The summed E-state index contributed by atoms with van der Waals surface area (Å²) >= 11 is 0. The number of para-hydroxylation sites is 3.